The van der Waals surface area contributed by atoms with Crippen LogP contribution >= 0.6 is 0 Å². The maximum atomic E-state index is 12.3. The zero-order chi connectivity index (χ0) is 21.9. The van der Waals surface area contributed by atoms with Crippen molar-refractivity contribution in [2.75, 3.05) is 36.9 Å². The van der Waals surface area contributed by atoms with Crippen molar-refractivity contribution >= 4 is 29.0 Å². The van der Waals surface area contributed by atoms with E-state index in [4.69, 9.17) is 9.57 Å². The summed E-state index contributed by atoms with van der Waals surface area (Å²) in [5, 5.41) is 9.74. The lowest BCUT2D eigenvalue weighted by molar-refractivity contribution is -0.120. The van der Waals surface area contributed by atoms with Crippen LogP contribution < -0.4 is 15.4 Å². The third-order valence-corrected chi connectivity index (χ3v) is 4.67. The molecule has 1 aliphatic rings. The lowest BCUT2D eigenvalue weighted by Gasteiger charge is -2.27. The number of ether oxygens (including phenoxy) is 1. The minimum Gasteiger partial charge on any atom is -0.491 e. The zero-order valence-corrected chi connectivity index (χ0v) is 17.7. The molecule has 2 aromatic carbocycles. The van der Waals surface area contributed by atoms with Gasteiger partial charge in [-0.1, -0.05) is 42.4 Å². The van der Waals surface area contributed by atoms with E-state index in [1.807, 2.05) is 55.5 Å². The lowest BCUT2D eigenvalue weighted by atomic mass is 10.1. The molecule has 8 heteroatoms. The van der Waals surface area contributed by atoms with Crippen molar-refractivity contribution in [3.8, 4) is 5.75 Å². The van der Waals surface area contributed by atoms with Crippen LogP contribution in [0, 0.1) is 0 Å². The predicted molar refractivity (Wildman–Crippen MR) is 121 cm³/mol. The molecule has 0 atom stereocenters. The van der Waals surface area contributed by atoms with Gasteiger partial charge in [-0.3, -0.25) is 4.79 Å². The summed E-state index contributed by atoms with van der Waals surface area (Å²) in [5.41, 5.74) is 2.21. The van der Waals surface area contributed by atoms with Crippen molar-refractivity contribution in [2.24, 2.45) is 5.16 Å². The number of carbonyl (C=O) groups excluding carboxylic acids is 2. The first kappa shape index (κ1) is 22.1. The number of para-hydroxylation sites is 3. The average molecular weight is 425 g/mol. The number of hydrogen-bond donors (Lipinski definition) is 2. The minimum atomic E-state index is -0.309. The second-order valence-electron chi connectivity index (χ2n) is 7.11. The van der Waals surface area contributed by atoms with E-state index in [2.05, 4.69) is 15.8 Å². The van der Waals surface area contributed by atoms with Crippen LogP contribution in [0.1, 0.15) is 26.2 Å². The van der Waals surface area contributed by atoms with Crippen molar-refractivity contribution in [1.82, 2.24) is 4.90 Å². The number of rotatable bonds is 8. The number of hydrogen-bond acceptors (Lipinski definition) is 5. The van der Waals surface area contributed by atoms with E-state index in [0.717, 1.165) is 17.8 Å². The fourth-order valence-electron chi connectivity index (χ4n) is 3.06. The van der Waals surface area contributed by atoms with E-state index in [1.54, 1.807) is 11.0 Å². The molecule has 0 aliphatic carbocycles. The topological polar surface area (TPSA) is 92.3 Å². The number of anilines is 2. The van der Waals surface area contributed by atoms with Crippen LogP contribution in [-0.4, -0.2) is 48.9 Å². The monoisotopic (exact) mass is 424 g/mol. The van der Waals surface area contributed by atoms with Crippen molar-refractivity contribution in [2.45, 2.75) is 26.2 Å². The van der Waals surface area contributed by atoms with E-state index in [9.17, 15) is 9.59 Å². The third kappa shape index (κ3) is 7.02. The van der Waals surface area contributed by atoms with Gasteiger partial charge in [0.15, 0.2) is 6.61 Å². The summed E-state index contributed by atoms with van der Waals surface area (Å²) in [6.07, 6.45) is 2.10. The van der Waals surface area contributed by atoms with Gasteiger partial charge in [0.2, 0.25) is 0 Å². The normalized spacial score (nSPS) is 13.3. The summed E-state index contributed by atoms with van der Waals surface area (Å²) >= 11 is 0. The molecule has 1 saturated heterocycles. The van der Waals surface area contributed by atoms with Crippen molar-refractivity contribution in [3.05, 3.63) is 54.6 Å². The standard InChI is InChI=1S/C23H28N4O4/c1-2-16-30-21-11-7-6-10-20(21)25-22(28)17-31-26-19-12-14-27(15-13-19)23(29)24-18-8-4-3-5-9-18/h3-11H,2,12-17H2,1H3,(H,24,29)(H,25,28). The molecule has 0 spiro atoms. The van der Waals surface area contributed by atoms with Gasteiger partial charge >= 0.3 is 6.03 Å². The van der Waals surface area contributed by atoms with Crippen LogP contribution in [0.5, 0.6) is 5.75 Å². The Morgan fingerprint density at radius 2 is 1.71 bits per heavy atom. The first-order valence-corrected chi connectivity index (χ1v) is 10.5. The number of amides is 3. The predicted octanol–water partition coefficient (Wildman–Crippen LogP) is 4.11. The Morgan fingerprint density at radius 3 is 2.45 bits per heavy atom. The number of nitrogens with zero attached hydrogens (tertiary/aromatic N) is 2. The summed E-state index contributed by atoms with van der Waals surface area (Å²) in [4.78, 5) is 31.5. The van der Waals surface area contributed by atoms with E-state index >= 15 is 0 Å². The Balaban J connectivity index is 1.40. The molecular formula is C23H28N4O4. The van der Waals surface area contributed by atoms with Gasteiger partial charge in [-0.15, -0.1) is 0 Å². The average Bonchev–Trinajstić information content (AvgIpc) is 2.79. The fourth-order valence-corrected chi connectivity index (χ4v) is 3.06. The largest absolute Gasteiger partial charge is 0.491 e. The Morgan fingerprint density at radius 1 is 1.00 bits per heavy atom. The van der Waals surface area contributed by atoms with Crippen LogP contribution in [-0.2, 0) is 9.63 Å². The summed E-state index contributed by atoms with van der Waals surface area (Å²) in [6, 6.07) is 16.5. The molecule has 3 rings (SSSR count). The third-order valence-electron chi connectivity index (χ3n) is 4.67. The molecule has 2 N–H and O–H groups in total. The highest BCUT2D eigenvalue weighted by molar-refractivity contribution is 5.94. The second kappa shape index (κ2) is 11.6. The smallest absolute Gasteiger partial charge is 0.321 e. The van der Waals surface area contributed by atoms with Gasteiger partial charge in [0.1, 0.15) is 5.75 Å². The van der Waals surface area contributed by atoms with E-state index in [0.29, 0.717) is 44.0 Å². The number of carbonyl (C=O) groups is 2. The number of piperidine rings is 1. The number of likely N-dealkylation sites (tertiary alicyclic amines) is 1. The van der Waals surface area contributed by atoms with E-state index < -0.39 is 0 Å². The quantitative estimate of drug-likeness (QED) is 0.624. The number of nitrogens with one attached hydrogen (secondary N) is 2. The molecule has 31 heavy (non-hydrogen) atoms. The highest BCUT2D eigenvalue weighted by Gasteiger charge is 2.20. The van der Waals surface area contributed by atoms with Crippen molar-refractivity contribution < 1.29 is 19.2 Å². The molecule has 3 amide bonds. The van der Waals surface area contributed by atoms with Crippen LogP contribution in [0.3, 0.4) is 0 Å². The zero-order valence-electron chi connectivity index (χ0n) is 17.7. The Labute approximate surface area is 182 Å². The van der Waals surface area contributed by atoms with Crippen LogP contribution in [0.2, 0.25) is 0 Å². The molecule has 1 aliphatic heterocycles. The first-order valence-electron chi connectivity index (χ1n) is 10.5. The molecule has 1 heterocycles. The highest BCUT2D eigenvalue weighted by Crippen LogP contribution is 2.23. The molecule has 164 valence electrons. The molecule has 0 unspecified atom stereocenters. The Bertz CT molecular complexity index is 891. The molecule has 2 aromatic rings. The van der Waals surface area contributed by atoms with Gasteiger partial charge in [-0.2, -0.15) is 0 Å². The van der Waals surface area contributed by atoms with Crippen molar-refractivity contribution in [1.29, 1.82) is 0 Å². The van der Waals surface area contributed by atoms with Gasteiger partial charge in [0.05, 0.1) is 18.0 Å². The molecule has 0 bridgehead atoms. The van der Waals surface area contributed by atoms with Gasteiger partial charge in [-0.05, 0) is 30.7 Å². The lowest BCUT2D eigenvalue weighted by Crippen LogP contribution is -2.41. The van der Waals surface area contributed by atoms with Crippen LogP contribution in [0.25, 0.3) is 0 Å². The van der Waals surface area contributed by atoms with Crippen molar-refractivity contribution in [3.63, 3.8) is 0 Å². The number of urea groups is 1. The number of benzene rings is 2. The van der Waals surface area contributed by atoms with Gasteiger partial charge < -0.3 is 25.1 Å². The Hall–Kier alpha value is -3.55. The summed E-state index contributed by atoms with van der Waals surface area (Å²) in [6.45, 7) is 3.51. The summed E-state index contributed by atoms with van der Waals surface area (Å²) < 4.78 is 5.63. The SMILES string of the molecule is CCCOc1ccccc1NC(=O)CON=C1CCN(C(=O)Nc2ccccc2)CC1. The molecule has 0 aromatic heterocycles. The van der Waals surface area contributed by atoms with Gasteiger partial charge in [0, 0.05) is 31.6 Å². The molecular weight excluding hydrogens is 396 g/mol. The maximum absolute atomic E-state index is 12.3. The Kier molecular flexibility index (Phi) is 8.28. The van der Waals surface area contributed by atoms with E-state index in [-0.39, 0.29) is 18.5 Å². The highest BCUT2D eigenvalue weighted by atomic mass is 16.6. The van der Waals surface area contributed by atoms with Gasteiger partial charge in [-0.25, -0.2) is 4.79 Å². The molecule has 0 radical (unpaired) electrons. The van der Waals surface area contributed by atoms with Crippen LogP contribution in [0.4, 0.5) is 16.2 Å². The maximum Gasteiger partial charge on any atom is 0.321 e. The molecule has 0 saturated carbocycles. The number of oxime groups is 1. The summed E-state index contributed by atoms with van der Waals surface area (Å²) in [7, 11) is 0. The van der Waals surface area contributed by atoms with Crippen LogP contribution in [0.15, 0.2) is 59.8 Å². The fraction of sp³-hybridized carbons (Fsp3) is 0.348. The van der Waals surface area contributed by atoms with E-state index in [1.165, 1.54) is 0 Å². The van der Waals surface area contributed by atoms with Gasteiger partial charge in [0.25, 0.3) is 5.91 Å². The summed E-state index contributed by atoms with van der Waals surface area (Å²) in [5.74, 6) is 0.321. The second-order valence-corrected chi connectivity index (χ2v) is 7.11. The first-order chi connectivity index (χ1) is 15.2. The molecule has 8 nitrogen and oxygen atoms in total. The molecule has 1 fully saturated rings. The minimum absolute atomic E-state index is 0.130.